The maximum Gasteiger partial charge on any atom is 0.253 e. The molecule has 0 bridgehead atoms. The van der Waals surface area contributed by atoms with E-state index < -0.39 is 10.0 Å². The number of carbonyl (C=O) groups excluding carboxylic acids is 1. The van der Waals surface area contributed by atoms with Gasteiger partial charge >= 0.3 is 0 Å². The number of hydrogen-bond donors (Lipinski definition) is 2. The van der Waals surface area contributed by atoms with Gasteiger partial charge in [-0.3, -0.25) is 9.78 Å². The van der Waals surface area contributed by atoms with Crippen LogP contribution in [-0.2, 0) is 23.0 Å². The maximum atomic E-state index is 12.5. The van der Waals surface area contributed by atoms with E-state index in [4.69, 9.17) is 11.6 Å². The van der Waals surface area contributed by atoms with E-state index in [1.54, 1.807) is 6.07 Å². The molecule has 0 fully saturated rings. The highest BCUT2D eigenvalue weighted by Crippen LogP contribution is 2.33. The summed E-state index contributed by atoms with van der Waals surface area (Å²) >= 11 is 6.00. The Kier molecular flexibility index (Phi) is 3.59. The Labute approximate surface area is 144 Å². The molecule has 6 nitrogen and oxygen atoms in total. The number of benzene rings is 1. The summed E-state index contributed by atoms with van der Waals surface area (Å²) in [5.41, 5.74) is 2.86. The molecule has 0 spiro atoms. The van der Waals surface area contributed by atoms with E-state index in [0.717, 1.165) is 24.0 Å². The predicted molar refractivity (Wildman–Crippen MR) is 88.2 cm³/mol. The van der Waals surface area contributed by atoms with Gasteiger partial charge < -0.3 is 5.32 Å². The van der Waals surface area contributed by atoms with Crippen LogP contribution in [0.5, 0.6) is 0 Å². The van der Waals surface area contributed by atoms with Crippen LogP contribution in [0.2, 0.25) is 5.02 Å². The Bertz CT molecular complexity index is 959. The Morgan fingerprint density at radius 2 is 2.17 bits per heavy atom. The van der Waals surface area contributed by atoms with E-state index in [9.17, 15) is 13.2 Å². The van der Waals surface area contributed by atoms with Gasteiger partial charge in [-0.1, -0.05) is 17.7 Å². The molecule has 0 saturated heterocycles. The van der Waals surface area contributed by atoms with Crippen molar-refractivity contribution in [1.29, 1.82) is 0 Å². The van der Waals surface area contributed by atoms with Gasteiger partial charge in [-0.25, -0.2) is 13.1 Å². The summed E-state index contributed by atoms with van der Waals surface area (Å²) in [6.45, 7) is 0.163. The lowest BCUT2D eigenvalue weighted by Crippen LogP contribution is -2.27. The van der Waals surface area contributed by atoms with E-state index in [2.05, 4.69) is 15.0 Å². The number of halogens is 1. The molecule has 2 heterocycles. The third kappa shape index (κ3) is 2.58. The van der Waals surface area contributed by atoms with Gasteiger partial charge in [0.05, 0.1) is 23.8 Å². The number of hydrogen-bond acceptors (Lipinski definition) is 4. The van der Waals surface area contributed by atoms with E-state index in [0.29, 0.717) is 10.7 Å². The van der Waals surface area contributed by atoms with Crippen molar-refractivity contribution < 1.29 is 13.2 Å². The van der Waals surface area contributed by atoms with Crippen LogP contribution in [0.1, 0.15) is 39.6 Å². The first kappa shape index (κ1) is 15.6. The first-order valence-electron chi connectivity index (χ1n) is 7.52. The average Bonchev–Trinajstić information content (AvgIpc) is 3.08. The van der Waals surface area contributed by atoms with Crippen LogP contribution in [0.4, 0.5) is 0 Å². The molecule has 1 aliphatic heterocycles. The second-order valence-electron chi connectivity index (χ2n) is 5.90. The fourth-order valence-electron chi connectivity index (χ4n) is 3.18. The Morgan fingerprint density at radius 3 is 3.00 bits per heavy atom. The van der Waals surface area contributed by atoms with Crippen molar-refractivity contribution in [1.82, 2.24) is 15.0 Å². The molecule has 0 unspecified atom stereocenters. The van der Waals surface area contributed by atoms with Gasteiger partial charge in [0.1, 0.15) is 4.90 Å². The van der Waals surface area contributed by atoms with Crippen molar-refractivity contribution in [3.8, 4) is 0 Å². The standard InChI is InChI=1S/C16H14ClN3O3S/c17-11-2-3-12-9(5-11)1-4-13(12)20-16(21)10-6-15-14(18-7-10)8-19-24(15,22)23/h2-3,5-7,13,19H,1,4,8H2,(H,20,21)/t13-/m1/s1. The van der Waals surface area contributed by atoms with Gasteiger partial charge in [-0.05, 0) is 42.2 Å². The normalized spacial score (nSPS) is 20.5. The van der Waals surface area contributed by atoms with E-state index >= 15 is 0 Å². The zero-order valence-corrected chi connectivity index (χ0v) is 14.1. The Balaban J connectivity index is 1.59. The number of pyridine rings is 1. The maximum absolute atomic E-state index is 12.5. The first-order chi connectivity index (χ1) is 11.4. The predicted octanol–water partition coefficient (Wildman–Crippen LogP) is 1.94. The Hall–Kier alpha value is -1.96. The van der Waals surface area contributed by atoms with Gasteiger partial charge in [0.15, 0.2) is 0 Å². The van der Waals surface area contributed by atoms with Crippen LogP contribution >= 0.6 is 11.6 Å². The number of aryl methyl sites for hydroxylation is 1. The number of carbonyl (C=O) groups is 1. The highest BCUT2D eigenvalue weighted by atomic mass is 35.5. The number of rotatable bonds is 2. The van der Waals surface area contributed by atoms with E-state index in [-0.39, 0.29) is 29.0 Å². The molecule has 2 N–H and O–H groups in total. The second-order valence-corrected chi connectivity index (χ2v) is 8.07. The van der Waals surface area contributed by atoms with Crippen LogP contribution < -0.4 is 10.0 Å². The molecule has 1 amide bonds. The van der Waals surface area contributed by atoms with Gasteiger partial charge in [0, 0.05) is 11.2 Å². The molecule has 2 aliphatic rings. The van der Waals surface area contributed by atoms with Crippen molar-refractivity contribution in [2.24, 2.45) is 0 Å². The summed E-state index contributed by atoms with van der Waals surface area (Å²) in [5, 5.41) is 3.63. The van der Waals surface area contributed by atoms with Crippen LogP contribution in [0, 0.1) is 0 Å². The van der Waals surface area contributed by atoms with Crippen LogP contribution in [0.15, 0.2) is 35.4 Å². The first-order valence-corrected chi connectivity index (χ1v) is 9.38. The quantitative estimate of drug-likeness (QED) is 0.853. The lowest BCUT2D eigenvalue weighted by atomic mass is 10.1. The van der Waals surface area contributed by atoms with Crippen molar-refractivity contribution in [3.63, 3.8) is 0 Å². The summed E-state index contributed by atoms with van der Waals surface area (Å²) in [7, 11) is -3.55. The molecule has 1 aliphatic carbocycles. The number of fused-ring (bicyclic) bond motifs is 2. The summed E-state index contributed by atoms with van der Waals surface area (Å²) < 4.78 is 26.1. The third-order valence-electron chi connectivity index (χ3n) is 4.40. The highest BCUT2D eigenvalue weighted by Gasteiger charge is 2.29. The lowest BCUT2D eigenvalue weighted by molar-refractivity contribution is 0.0936. The molecule has 0 saturated carbocycles. The molecule has 24 heavy (non-hydrogen) atoms. The fraction of sp³-hybridized carbons (Fsp3) is 0.250. The van der Waals surface area contributed by atoms with Crippen LogP contribution in [-0.4, -0.2) is 19.3 Å². The van der Waals surface area contributed by atoms with Gasteiger partial charge in [0.2, 0.25) is 10.0 Å². The molecule has 124 valence electrons. The summed E-state index contributed by atoms with van der Waals surface area (Å²) in [4.78, 5) is 16.7. The highest BCUT2D eigenvalue weighted by molar-refractivity contribution is 7.89. The Morgan fingerprint density at radius 1 is 1.33 bits per heavy atom. The zero-order chi connectivity index (χ0) is 16.9. The van der Waals surface area contributed by atoms with Crippen molar-refractivity contribution in [3.05, 3.63) is 57.9 Å². The minimum Gasteiger partial charge on any atom is -0.345 e. The van der Waals surface area contributed by atoms with Crippen LogP contribution in [0.3, 0.4) is 0 Å². The number of aromatic nitrogens is 1. The van der Waals surface area contributed by atoms with Gasteiger partial charge in [-0.15, -0.1) is 0 Å². The molecule has 1 aromatic heterocycles. The van der Waals surface area contributed by atoms with E-state index in [1.807, 2.05) is 12.1 Å². The monoisotopic (exact) mass is 363 g/mol. The fourth-order valence-corrected chi connectivity index (χ4v) is 4.58. The number of amides is 1. The smallest absolute Gasteiger partial charge is 0.253 e. The summed E-state index contributed by atoms with van der Waals surface area (Å²) in [5.74, 6) is -0.333. The zero-order valence-electron chi connectivity index (χ0n) is 12.5. The number of nitrogens with one attached hydrogen (secondary N) is 2. The minimum atomic E-state index is -3.55. The van der Waals surface area contributed by atoms with E-state index in [1.165, 1.54) is 12.3 Å². The largest absolute Gasteiger partial charge is 0.345 e. The molecule has 1 aromatic carbocycles. The number of sulfonamides is 1. The summed E-state index contributed by atoms with van der Waals surface area (Å²) in [6, 6.07) is 6.92. The average molecular weight is 364 g/mol. The van der Waals surface area contributed by atoms with Crippen molar-refractivity contribution in [2.45, 2.75) is 30.3 Å². The molecular weight excluding hydrogens is 350 g/mol. The second kappa shape index (κ2) is 5.54. The molecule has 8 heteroatoms. The molecular formula is C16H14ClN3O3S. The van der Waals surface area contributed by atoms with Crippen molar-refractivity contribution in [2.75, 3.05) is 0 Å². The number of nitrogens with zero attached hydrogens (tertiary/aromatic N) is 1. The molecule has 4 rings (SSSR count). The topological polar surface area (TPSA) is 88.2 Å². The lowest BCUT2D eigenvalue weighted by Gasteiger charge is -2.14. The van der Waals surface area contributed by atoms with Gasteiger partial charge in [0.25, 0.3) is 5.91 Å². The minimum absolute atomic E-state index is 0.0775. The third-order valence-corrected chi connectivity index (χ3v) is 6.09. The molecule has 1 atom stereocenters. The van der Waals surface area contributed by atoms with Gasteiger partial charge in [-0.2, -0.15) is 0 Å². The van der Waals surface area contributed by atoms with Crippen LogP contribution in [0.25, 0.3) is 0 Å². The summed E-state index contributed by atoms with van der Waals surface area (Å²) in [6.07, 6.45) is 3.05. The SMILES string of the molecule is O=C(N[C@@H]1CCc2cc(Cl)ccc21)c1cnc2c(c1)S(=O)(=O)NC2. The molecule has 2 aromatic rings. The molecule has 0 radical (unpaired) electrons. The van der Waals surface area contributed by atoms with Crippen molar-refractivity contribution >= 4 is 27.5 Å².